The third-order valence-electron chi connectivity index (χ3n) is 18.4. The third kappa shape index (κ3) is 10.6. The number of aromatic nitrogens is 8. The molecule has 4 aromatic heterocycles. The lowest BCUT2D eigenvalue weighted by atomic mass is 9.92. The van der Waals surface area contributed by atoms with Crippen LogP contribution in [0.15, 0.2) is 303 Å². The highest BCUT2D eigenvalue weighted by Crippen LogP contribution is 2.44. The zero-order valence-corrected chi connectivity index (χ0v) is 53.2. The summed E-state index contributed by atoms with van der Waals surface area (Å²) in [5, 5.41) is 24.1. The second-order valence-corrected chi connectivity index (χ2v) is 24.2. The topological polar surface area (TPSA) is 144 Å². The number of benzene rings is 13. The second kappa shape index (κ2) is 25.0. The van der Waals surface area contributed by atoms with Crippen molar-refractivity contribution in [1.82, 2.24) is 39.0 Å². The van der Waals surface area contributed by atoms with Crippen LogP contribution in [0, 0.1) is 35.8 Å². The van der Waals surface area contributed by atoms with Crippen molar-refractivity contribution in [2.45, 2.75) is 0 Å². The van der Waals surface area contributed by atoms with Crippen molar-refractivity contribution in [1.29, 1.82) is 10.5 Å². The van der Waals surface area contributed by atoms with Gasteiger partial charge in [0.25, 0.3) is 0 Å². The summed E-state index contributed by atoms with van der Waals surface area (Å²) in [7, 11) is 0. The quantitative estimate of drug-likeness (QED) is 0.110. The molecule has 0 unspecified atom stereocenters. The van der Waals surface area contributed by atoms with Crippen molar-refractivity contribution in [3.63, 3.8) is 0 Å². The first-order chi connectivity index (χ1) is 49.4. The minimum atomic E-state index is 0.413. The second-order valence-electron chi connectivity index (χ2n) is 24.2. The van der Waals surface area contributed by atoms with Crippen molar-refractivity contribution < 1.29 is 0 Å². The van der Waals surface area contributed by atoms with E-state index in [-0.39, 0.29) is 0 Å². The van der Waals surface area contributed by atoms with E-state index in [4.69, 9.17) is 43.0 Å². The van der Waals surface area contributed by atoms with Crippen molar-refractivity contribution in [2.24, 2.45) is 0 Å². The Balaban J connectivity index is 0.885. The molecule has 4 heterocycles. The first-order valence-electron chi connectivity index (χ1n) is 32.4. The average Bonchev–Trinajstić information content (AvgIpc) is 1.58. The molecule has 0 saturated carbocycles. The Morgan fingerprint density at radius 3 is 1.10 bits per heavy atom. The largest absolute Gasteiger partial charge is 0.309 e. The lowest BCUT2D eigenvalue weighted by Crippen LogP contribution is -2.03. The van der Waals surface area contributed by atoms with E-state index in [1.54, 1.807) is 24.3 Å². The number of nitriles is 2. The van der Waals surface area contributed by atoms with Crippen LogP contribution in [0.2, 0.25) is 0 Å². The Morgan fingerprint density at radius 2 is 0.660 bits per heavy atom. The Hall–Kier alpha value is -14.6. The van der Waals surface area contributed by atoms with Crippen LogP contribution in [0.4, 0.5) is 11.4 Å². The van der Waals surface area contributed by atoms with Gasteiger partial charge in [-0.25, -0.2) is 39.6 Å². The predicted octanol–water partition coefficient (Wildman–Crippen LogP) is 21.8. The molecular weight excluding hydrogens is 1230 g/mol. The molecule has 0 saturated heterocycles. The van der Waals surface area contributed by atoms with Crippen LogP contribution in [0.25, 0.3) is 178 Å². The Kier molecular flexibility index (Phi) is 14.8. The van der Waals surface area contributed by atoms with Crippen LogP contribution in [-0.2, 0) is 0 Å². The van der Waals surface area contributed by atoms with Gasteiger partial charge in [-0.15, -0.1) is 0 Å². The minimum absolute atomic E-state index is 0.413. The highest BCUT2D eigenvalue weighted by atomic mass is 15.1. The average molecular weight is 1280 g/mol. The van der Waals surface area contributed by atoms with Crippen molar-refractivity contribution in [3.05, 3.63) is 337 Å². The van der Waals surface area contributed by atoms with E-state index < -0.39 is 0 Å². The molecule has 12 heteroatoms. The van der Waals surface area contributed by atoms with Gasteiger partial charge in [-0.1, -0.05) is 218 Å². The molecule has 0 fully saturated rings. The lowest BCUT2D eigenvalue weighted by Gasteiger charge is -2.18. The summed E-state index contributed by atoms with van der Waals surface area (Å²) in [5.41, 5.74) is 19.0. The molecule has 17 aromatic rings. The normalized spacial score (nSPS) is 11.2. The van der Waals surface area contributed by atoms with Crippen LogP contribution < -0.4 is 0 Å². The zero-order valence-electron chi connectivity index (χ0n) is 53.2. The number of fused-ring (bicyclic) bond motifs is 6. The fraction of sp³-hybridized carbons (Fsp3) is 0. The van der Waals surface area contributed by atoms with Crippen LogP contribution in [0.3, 0.4) is 0 Å². The first-order valence-corrected chi connectivity index (χ1v) is 32.4. The van der Waals surface area contributed by atoms with E-state index in [9.17, 15) is 10.5 Å². The van der Waals surface area contributed by atoms with E-state index in [0.717, 1.165) is 133 Å². The molecule has 100 heavy (non-hydrogen) atoms. The maximum absolute atomic E-state index is 10.3. The summed E-state index contributed by atoms with van der Waals surface area (Å²) < 4.78 is 4.55. The first kappa shape index (κ1) is 59.2. The Bertz CT molecular complexity index is 5830. The molecule has 0 radical (unpaired) electrons. The van der Waals surface area contributed by atoms with Gasteiger partial charge in [-0.3, -0.25) is 0 Å². The molecule has 0 aliphatic carbocycles. The highest BCUT2D eigenvalue weighted by molar-refractivity contribution is 6.12. The predicted molar refractivity (Wildman–Crippen MR) is 398 cm³/mol. The zero-order chi connectivity index (χ0) is 67.2. The fourth-order valence-electron chi connectivity index (χ4n) is 13.6. The molecule has 0 aliphatic rings. The molecule has 17 rings (SSSR count). The third-order valence-corrected chi connectivity index (χ3v) is 18.4. The van der Waals surface area contributed by atoms with Crippen molar-refractivity contribution in [2.75, 3.05) is 0 Å². The van der Waals surface area contributed by atoms with Gasteiger partial charge < -0.3 is 9.13 Å². The minimum Gasteiger partial charge on any atom is -0.309 e. The molecule has 0 N–H and O–H groups in total. The standard InChI is InChI=1S/C88H50N12/c1-91-65-37-41-68(64(48-65)54-90)62-35-44-81-74(49-62)72-30-15-17-32-79(72)99(81)66-38-42-69(76(51-66)87-95-83(56-20-7-3-8-21-56)93-84(96-87)57-22-9-4-10-23-57)60-28-19-29-61(47-60)70-43-39-67(52-77(70)88-97-85(58-24-11-5-12-25-58)94-86(98-88)59-26-13-6-14-27-59)100-80-33-18-16-31-73(80)75-50-63(36-45-82(75)100)71-40-34-55(53-89)46-78(71)92-2/h3-52H. The molecule has 0 aliphatic heterocycles. The van der Waals surface area contributed by atoms with Gasteiger partial charge in [-0.05, 0) is 129 Å². The van der Waals surface area contributed by atoms with Gasteiger partial charge in [0.05, 0.1) is 47.3 Å². The van der Waals surface area contributed by atoms with E-state index in [0.29, 0.717) is 57.4 Å². The highest BCUT2D eigenvalue weighted by Gasteiger charge is 2.24. The molecular formula is C88H50N12. The summed E-state index contributed by atoms with van der Waals surface area (Å²) in [6, 6.07) is 106. The maximum Gasteiger partial charge on any atom is 0.196 e. The summed E-state index contributed by atoms with van der Waals surface area (Å²) in [6.45, 7) is 15.7. The molecule has 0 amide bonds. The number of hydrogen-bond donors (Lipinski definition) is 0. The molecule has 0 bridgehead atoms. The van der Waals surface area contributed by atoms with Crippen molar-refractivity contribution in [3.8, 4) is 136 Å². The summed E-state index contributed by atoms with van der Waals surface area (Å²) >= 11 is 0. The van der Waals surface area contributed by atoms with E-state index >= 15 is 0 Å². The van der Waals surface area contributed by atoms with Crippen LogP contribution in [-0.4, -0.2) is 39.0 Å². The lowest BCUT2D eigenvalue weighted by molar-refractivity contribution is 1.07. The molecule has 12 nitrogen and oxygen atoms in total. The summed E-state index contributed by atoms with van der Waals surface area (Å²) in [5.74, 6) is 3.05. The SMILES string of the molecule is [C-]#[N+]c1ccc(-c2ccc3c(c2)c2ccccc2n3-c2ccc(-c3cccc(-c4ccc(-n5c6ccccc6c6cc(-c7ccc(C#N)cc7[N+]#[C-])ccc65)cc4-c4nc(-c5ccccc5)nc(-c5ccccc5)n4)c3)c(-c3nc(-c4ccccc4)nc(-c4ccccc4)n3)c2)c(C#N)c1. The molecule has 462 valence electrons. The molecule has 0 atom stereocenters. The Morgan fingerprint density at radius 1 is 0.270 bits per heavy atom. The van der Waals surface area contributed by atoms with Crippen molar-refractivity contribution >= 4 is 55.0 Å². The number of hydrogen-bond acceptors (Lipinski definition) is 8. The van der Waals surface area contributed by atoms with Gasteiger partial charge in [0.2, 0.25) is 0 Å². The summed E-state index contributed by atoms with van der Waals surface area (Å²) in [4.78, 5) is 39.3. The molecule has 13 aromatic carbocycles. The van der Waals surface area contributed by atoms with E-state index in [1.165, 1.54) is 0 Å². The number of para-hydroxylation sites is 2. The van der Waals surface area contributed by atoms with Gasteiger partial charge >= 0.3 is 0 Å². The smallest absolute Gasteiger partial charge is 0.196 e. The maximum atomic E-state index is 10.3. The van der Waals surface area contributed by atoms with Crippen LogP contribution in [0.5, 0.6) is 0 Å². The van der Waals surface area contributed by atoms with Gasteiger partial charge in [-0.2, -0.15) is 10.5 Å². The van der Waals surface area contributed by atoms with Crippen LogP contribution in [0.1, 0.15) is 11.1 Å². The van der Waals surface area contributed by atoms with Gasteiger partial charge in [0.15, 0.2) is 46.3 Å². The van der Waals surface area contributed by atoms with E-state index in [2.05, 4.69) is 152 Å². The molecule has 0 spiro atoms. The van der Waals surface area contributed by atoms with Crippen LogP contribution >= 0.6 is 0 Å². The number of rotatable bonds is 12. The Labute approximate surface area is 574 Å². The van der Waals surface area contributed by atoms with E-state index in [1.807, 2.05) is 158 Å². The van der Waals surface area contributed by atoms with Gasteiger partial charge in [0.1, 0.15) is 0 Å². The fourth-order valence-corrected chi connectivity index (χ4v) is 13.6. The number of nitrogens with zero attached hydrogens (tertiary/aromatic N) is 12. The summed E-state index contributed by atoms with van der Waals surface area (Å²) in [6.07, 6.45) is 0. The monoisotopic (exact) mass is 1270 g/mol. The van der Waals surface area contributed by atoms with Gasteiger partial charge in [0, 0.05) is 77.4 Å².